The van der Waals surface area contributed by atoms with E-state index in [1.54, 1.807) is 0 Å². The highest BCUT2D eigenvalue weighted by Crippen LogP contribution is 2.53. The van der Waals surface area contributed by atoms with Crippen molar-refractivity contribution in [2.45, 2.75) is 0 Å². The maximum Gasteiger partial charge on any atom is 0.235 e. The summed E-state index contributed by atoms with van der Waals surface area (Å²) in [7, 11) is 0. The number of nitrogens with zero attached hydrogens (tertiary/aromatic N) is 6. The highest BCUT2D eigenvalue weighted by molar-refractivity contribution is 6.19. The standard InChI is InChI=1S/C60H38N6/c1-6-18-39(19-7-1)45-32-33-54-47(34-45)49-35-48-46-30-16-28-44-29-17-31-55(58(44)46)66(60-63-52(42-24-12-4-13-25-42)37-53(64-60)43-26-14-5-15-27-43)56(48)38-57(49)65(54)59-61-50(40-20-8-2-9-21-40)36-51(62-59)41-22-10-3-11-23-41/h1-38H. The number of benzene rings is 9. The number of hydrogen-bond donors (Lipinski definition) is 0. The van der Waals surface area contributed by atoms with E-state index in [2.05, 4.69) is 216 Å². The summed E-state index contributed by atoms with van der Waals surface area (Å²) in [6.07, 6.45) is 0. The highest BCUT2D eigenvalue weighted by atomic mass is 15.3. The maximum atomic E-state index is 5.43. The molecule has 0 aliphatic carbocycles. The van der Waals surface area contributed by atoms with Crippen molar-refractivity contribution in [3.05, 3.63) is 231 Å². The molecular weight excluding hydrogens is 805 g/mol. The van der Waals surface area contributed by atoms with E-state index in [9.17, 15) is 0 Å². The summed E-state index contributed by atoms with van der Waals surface area (Å²) in [6.45, 7) is 0. The first-order valence-electron chi connectivity index (χ1n) is 22.2. The molecule has 9 aromatic carbocycles. The van der Waals surface area contributed by atoms with Gasteiger partial charge in [0.2, 0.25) is 11.9 Å². The lowest BCUT2D eigenvalue weighted by molar-refractivity contribution is 0.995. The average Bonchev–Trinajstić information content (AvgIpc) is 3.72. The highest BCUT2D eigenvalue weighted by Gasteiger charge is 2.31. The van der Waals surface area contributed by atoms with E-state index < -0.39 is 0 Å². The van der Waals surface area contributed by atoms with Crippen LogP contribution in [0.5, 0.6) is 0 Å². The van der Waals surface area contributed by atoms with Gasteiger partial charge in [0.1, 0.15) is 0 Å². The van der Waals surface area contributed by atoms with Crippen LogP contribution in [0.4, 0.5) is 17.3 Å². The zero-order valence-corrected chi connectivity index (χ0v) is 35.6. The van der Waals surface area contributed by atoms with Crippen molar-refractivity contribution >= 4 is 49.9 Å². The number of fused-ring (bicyclic) bond motifs is 5. The molecule has 4 heterocycles. The molecule has 0 bridgehead atoms. The SMILES string of the molecule is c1ccc(-c2ccc3c(c2)c2cc4c(cc2n3-c2nc(-c3ccccc3)cc(-c3ccccc3)n2)N(c2nc(-c3ccccc3)cc(-c3ccccc3)n2)c2cccc3cccc-4c23)cc1. The molecule has 6 heteroatoms. The van der Waals surface area contributed by atoms with Gasteiger partial charge in [-0.15, -0.1) is 0 Å². The fraction of sp³-hybridized carbons (Fsp3) is 0. The molecule has 0 amide bonds. The molecule has 66 heavy (non-hydrogen) atoms. The molecule has 0 atom stereocenters. The molecule has 0 saturated heterocycles. The quantitative estimate of drug-likeness (QED) is 0.160. The molecule has 0 unspecified atom stereocenters. The molecule has 1 aliphatic rings. The molecule has 0 saturated carbocycles. The van der Waals surface area contributed by atoms with Crippen LogP contribution >= 0.6 is 0 Å². The minimum absolute atomic E-state index is 0.584. The van der Waals surface area contributed by atoms with Crippen molar-refractivity contribution in [2.24, 2.45) is 0 Å². The lowest BCUT2D eigenvalue weighted by Crippen LogP contribution is -2.18. The Labute approximate surface area is 381 Å². The van der Waals surface area contributed by atoms with Gasteiger partial charge >= 0.3 is 0 Å². The second kappa shape index (κ2) is 15.4. The third-order valence-electron chi connectivity index (χ3n) is 12.8. The van der Waals surface area contributed by atoms with Gasteiger partial charge in [0.15, 0.2) is 0 Å². The van der Waals surface area contributed by atoms with Crippen molar-refractivity contribution in [3.8, 4) is 73.2 Å². The number of anilines is 3. The zero-order chi connectivity index (χ0) is 43.6. The van der Waals surface area contributed by atoms with Gasteiger partial charge in [-0.1, -0.05) is 188 Å². The van der Waals surface area contributed by atoms with Crippen LogP contribution in [0, 0.1) is 0 Å². The van der Waals surface area contributed by atoms with Crippen LogP contribution in [0.15, 0.2) is 231 Å². The van der Waals surface area contributed by atoms with Crippen molar-refractivity contribution < 1.29 is 0 Å². The monoisotopic (exact) mass is 842 g/mol. The van der Waals surface area contributed by atoms with Crippen LogP contribution < -0.4 is 4.90 Å². The fourth-order valence-corrected chi connectivity index (χ4v) is 9.65. The molecule has 0 fully saturated rings. The first-order chi connectivity index (χ1) is 32.7. The Kier molecular flexibility index (Phi) is 8.74. The topological polar surface area (TPSA) is 59.7 Å². The van der Waals surface area contributed by atoms with E-state index in [0.717, 1.165) is 111 Å². The summed E-state index contributed by atoms with van der Waals surface area (Å²) in [6, 6.07) is 80.9. The van der Waals surface area contributed by atoms with Crippen LogP contribution in [0.25, 0.3) is 106 Å². The summed E-state index contributed by atoms with van der Waals surface area (Å²) < 4.78 is 2.24. The normalized spacial score (nSPS) is 11.9. The van der Waals surface area contributed by atoms with Crippen molar-refractivity contribution in [2.75, 3.05) is 4.90 Å². The summed E-state index contributed by atoms with van der Waals surface area (Å²) in [5.41, 5.74) is 15.9. The molecular formula is C60H38N6. The van der Waals surface area contributed by atoms with Crippen molar-refractivity contribution in [1.82, 2.24) is 24.5 Å². The van der Waals surface area contributed by atoms with Crippen LogP contribution in [0.3, 0.4) is 0 Å². The van der Waals surface area contributed by atoms with Crippen molar-refractivity contribution in [1.29, 1.82) is 0 Å². The first kappa shape index (κ1) is 37.5. The van der Waals surface area contributed by atoms with Gasteiger partial charge in [-0.25, -0.2) is 19.9 Å². The molecule has 13 rings (SSSR count). The third kappa shape index (κ3) is 6.26. The Hall–Kier alpha value is -9.00. The Morgan fingerprint density at radius 3 is 1.29 bits per heavy atom. The van der Waals surface area contributed by atoms with Gasteiger partial charge in [0.05, 0.1) is 45.2 Å². The fourth-order valence-electron chi connectivity index (χ4n) is 9.65. The molecule has 0 spiro atoms. The van der Waals surface area contributed by atoms with Gasteiger partial charge in [-0.3, -0.25) is 9.47 Å². The van der Waals surface area contributed by atoms with Gasteiger partial charge in [0.25, 0.3) is 0 Å². The van der Waals surface area contributed by atoms with Gasteiger partial charge in [-0.2, -0.15) is 0 Å². The minimum atomic E-state index is 0.584. The maximum absolute atomic E-state index is 5.43. The number of hydrogen-bond acceptors (Lipinski definition) is 5. The Balaban J connectivity index is 1.14. The van der Waals surface area contributed by atoms with Crippen LogP contribution in [0.2, 0.25) is 0 Å². The second-order valence-corrected chi connectivity index (χ2v) is 16.7. The van der Waals surface area contributed by atoms with E-state index in [1.165, 1.54) is 0 Å². The van der Waals surface area contributed by atoms with E-state index in [4.69, 9.17) is 19.9 Å². The Bertz CT molecular complexity index is 3680. The summed E-state index contributed by atoms with van der Waals surface area (Å²) in [5, 5.41) is 4.51. The first-order valence-corrected chi connectivity index (χ1v) is 22.2. The predicted octanol–water partition coefficient (Wildman–Crippen LogP) is 15.3. The zero-order valence-electron chi connectivity index (χ0n) is 35.6. The molecule has 1 aliphatic heterocycles. The lowest BCUT2D eigenvalue weighted by Gasteiger charge is -2.32. The Morgan fingerprint density at radius 1 is 0.288 bits per heavy atom. The van der Waals surface area contributed by atoms with Crippen LogP contribution in [-0.2, 0) is 0 Å². The van der Waals surface area contributed by atoms with E-state index in [0.29, 0.717) is 11.9 Å². The lowest BCUT2D eigenvalue weighted by atomic mass is 9.90. The molecule has 12 aromatic rings. The molecule has 6 nitrogen and oxygen atoms in total. The third-order valence-corrected chi connectivity index (χ3v) is 12.8. The van der Waals surface area contributed by atoms with Gasteiger partial charge < -0.3 is 0 Å². The second-order valence-electron chi connectivity index (χ2n) is 16.7. The summed E-state index contributed by atoms with van der Waals surface area (Å²) in [4.78, 5) is 24.0. The number of rotatable bonds is 7. The van der Waals surface area contributed by atoms with Crippen LogP contribution in [0.1, 0.15) is 0 Å². The smallest absolute Gasteiger partial charge is 0.235 e. The molecule has 308 valence electrons. The summed E-state index contributed by atoms with van der Waals surface area (Å²) >= 11 is 0. The van der Waals surface area contributed by atoms with E-state index in [-0.39, 0.29) is 0 Å². The number of aromatic nitrogens is 5. The van der Waals surface area contributed by atoms with E-state index in [1.807, 2.05) is 24.3 Å². The van der Waals surface area contributed by atoms with Gasteiger partial charge in [0, 0.05) is 44.0 Å². The Morgan fingerprint density at radius 2 is 0.758 bits per heavy atom. The molecule has 0 radical (unpaired) electrons. The molecule has 3 aromatic heterocycles. The van der Waals surface area contributed by atoms with Crippen LogP contribution in [-0.4, -0.2) is 24.5 Å². The minimum Gasteiger partial charge on any atom is -0.278 e. The largest absolute Gasteiger partial charge is 0.278 e. The van der Waals surface area contributed by atoms with Crippen molar-refractivity contribution in [3.63, 3.8) is 0 Å². The molecule has 0 N–H and O–H groups in total. The average molecular weight is 843 g/mol. The van der Waals surface area contributed by atoms with E-state index >= 15 is 0 Å². The predicted molar refractivity (Wildman–Crippen MR) is 270 cm³/mol. The summed E-state index contributed by atoms with van der Waals surface area (Å²) in [5.74, 6) is 1.17. The van der Waals surface area contributed by atoms with Gasteiger partial charge in [-0.05, 0) is 64.5 Å².